The molecule has 4 heteroatoms. The van der Waals surface area contributed by atoms with Gasteiger partial charge >= 0.3 is 0 Å². The lowest BCUT2D eigenvalue weighted by Crippen LogP contribution is -2.51. The van der Waals surface area contributed by atoms with E-state index in [1.165, 1.54) is 0 Å². The van der Waals surface area contributed by atoms with Gasteiger partial charge in [0.05, 0.1) is 0 Å². The highest BCUT2D eigenvalue weighted by atomic mass is 16.2. The lowest BCUT2D eigenvalue weighted by Gasteiger charge is -2.32. The van der Waals surface area contributed by atoms with Gasteiger partial charge in [-0.2, -0.15) is 0 Å². The van der Waals surface area contributed by atoms with Crippen LogP contribution in [0.1, 0.15) is 50.3 Å². The molecule has 1 N–H and O–H groups in total. The van der Waals surface area contributed by atoms with Gasteiger partial charge in [-0.15, -0.1) is 0 Å². The summed E-state index contributed by atoms with van der Waals surface area (Å²) in [5.74, 6) is -0.0835. The van der Waals surface area contributed by atoms with E-state index in [4.69, 9.17) is 0 Å². The molecule has 0 aromatic heterocycles. The minimum atomic E-state index is -0.538. The van der Waals surface area contributed by atoms with Crippen molar-refractivity contribution in [2.24, 2.45) is 0 Å². The molecule has 0 spiro atoms. The van der Waals surface area contributed by atoms with Crippen molar-refractivity contribution in [1.29, 1.82) is 0 Å². The second-order valence-corrected chi connectivity index (χ2v) is 7.63. The summed E-state index contributed by atoms with van der Waals surface area (Å²) >= 11 is 0. The quantitative estimate of drug-likeness (QED) is 0.707. The Morgan fingerprint density at radius 1 is 1.00 bits per heavy atom. The first-order chi connectivity index (χ1) is 13.4. The molecule has 0 fully saturated rings. The van der Waals surface area contributed by atoms with Crippen molar-refractivity contribution < 1.29 is 9.59 Å². The fourth-order valence-corrected chi connectivity index (χ4v) is 3.30. The summed E-state index contributed by atoms with van der Waals surface area (Å²) in [6.45, 7) is 8.34. The number of benzene rings is 2. The van der Waals surface area contributed by atoms with Gasteiger partial charge in [0.15, 0.2) is 0 Å². The molecule has 0 aliphatic heterocycles. The van der Waals surface area contributed by atoms with E-state index in [1.54, 1.807) is 4.90 Å². The highest BCUT2D eigenvalue weighted by molar-refractivity contribution is 5.88. The van der Waals surface area contributed by atoms with Gasteiger partial charge in [0.25, 0.3) is 0 Å². The lowest BCUT2D eigenvalue weighted by atomic mass is 10.0. The summed E-state index contributed by atoms with van der Waals surface area (Å²) in [7, 11) is 0. The largest absolute Gasteiger partial charge is 0.352 e. The van der Waals surface area contributed by atoms with E-state index < -0.39 is 6.04 Å². The second kappa shape index (κ2) is 10.6. The van der Waals surface area contributed by atoms with Crippen molar-refractivity contribution in [3.8, 4) is 0 Å². The van der Waals surface area contributed by atoms with Crippen molar-refractivity contribution in [2.75, 3.05) is 0 Å². The smallest absolute Gasteiger partial charge is 0.243 e. The van der Waals surface area contributed by atoms with E-state index in [2.05, 4.69) is 11.4 Å². The van der Waals surface area contributed by atoms with Crippen LogP contribution in [-0.4, -0.2) is 28.8 Å². The van der Waals surface area contributed by atoms with Gasteiger partial charge < -0.3 is 10.2 Å². The Kier molecular flexibility index (Phi) is 8.24. The summed E-state index contributed by atoms with van der Waals surface area (Å²) in [5.41, 5.74) is 3.23. The first-order valence-corrected chi connectivity index (χ1v) is 10.1. The molecule has 2 aromatic rings. The van der Waals surface area contributed by atoms with Crippen LogP contribution in [0.5, 0.6) is 0 Å². The first kappa shape index (κ1) is 21.7. The Balaban J connectivity index is 2.37. The van der Waals surface area contributed by atoms with E-state index in [1.807, 2.05) is 76.2 Å². The molecule has 0 aliphatic rings. The van der Waals surface area contributed by atoms with Gasteiger partial charge in [-0.05, 0) is 38.3 Å². The molecule has 28 heavy (non-hydrogen) atoms. The number of carbonyl (C=O) groups is 2. The molecule has 0 heterocycles. The average molecular weight is 381 g/mol. The van der Waals surface area contributed by atoms with Gasteiger partial charge in [-0.25, -0.2) is 0 Å². The third-order valence-corrected chi connectivity index (χ3v) is 4.60. The zero-order valence-electron chi connectivity index (χ0n) is 17.4. The highest BCUT2D eigenvalue weighted by Crippen LogP contribution is 2.17. The standard InChI is InChI=1S/C24H32N2O2/c1-5-10-23(27)26(17-21-14-9-11-19(4)15-21)22(24(28)25-18(2)3)16-20-12-7-6-8-13-20/h6-9,11-15,18,22H,5,10,16-17H2,1-4H3,(H,25,28)/t22-/m1/s1. The van der Waals surface area contributed by atoms with Crippen molar-refractivity contribution in [3.05, 3.63) is 71.3 Å². The Morgan fingerprint density at radius 3 is 2.29 bits per heavy atom. The van der Waals surface area contributed by atoms with E-state index in [0.717, 1.165) is 23.1 Å². The van der Waals surface area contributed by atoms with Gasteiger partial charge in [0.2, 0.25) is 11.8 Å². The molecule has 0 saturated carbocycles. The molecule has 0 bridgehead atoms. The second-order valence-electron chi connectivity index (χ2n) is 7.63. The van der Waals surface area contributed by atoms with Crippen LogP contribution in [0.4, 0.5) is 0 Å². The van der Waals surface area contributed by atoms with E-state index in [0.29, 0.717) is 19.4 Å². The van der Waals surface area contributed by atoms with Gasteiger partial charge in [0, 0.05) is 25.4 Å². The van der Waals surface area contributed by atoms with Crippen LogP contribution in [0.2, 0.25) is 0 Å². The molecule has 150 valence electrons. The summed E-state index contributed by atoms with van der Waals surface area (Å²) < 4.78 is 0. The average Bonchev–Trinajstić information content (AvgIpc) is 2.65. The van der Waals surface area contributed by atoms with E-state index in [9.17, 15) is 9.59 Å². The minimum absolute atomic E-state index is 0.0174. The summed E-state index contributed by atoms with van der Waals surface area (Å²) in [4.78, 5) is 27.8. The van der Waals surface area contributed by atoms with Crippen molar-refractivity contribution in [3.63, 3.8) is 0 Å². The highest BCUT2D eigenvalue weighted by Gasteiger charge is 2.30. The number of amides is 2. The number of nitrogens with zero attached hydrogens (tertiary/aromatic N) is 1. The van der Waals surface area contributed by atoms with Gasteiger partial charge in [0.1, 0.15) is 6.04 Å². The molecule has 2 aromatic carbocycles. The zero-order chi connectivity index (χ0) is 20.5. The molecular weight excluding hydrogens is 348 g/mol. The van der Waals surface area contributed by atoms with E-state index >= 15 is 0 Å². The van der Waals surface area contributed by atoms with Gasteiger partial charge in [-0.1, -0.05) is 67.1 Å². The maximum absolute atomic E-state index is 13.1. The zero-order valence-corrected chi connectivity index (χ0v) is 17.4. The SMILES string of the molecule is CCCC(=O)N(Cc1cccc(C)c1)[C@H](Cc1ccccc1)C(=O)NC(C)C. The predicted molar refractivity (Wildman–Crippen MR) is 114 cm³/mol. The Bertz CT molecular complexity index is 771. The molecule has 4 nitrogen and oxygen atoms in total. The molecule has 0 saturated heterocycles. The van der Waals surface area contributed by atoms with Crippen LogP contribution in [-0.2, 0) is 22.6 Å². The fourth-order valence-electron chi connectivity index (χ4n) is 3.30. The normalized spacial score (nSPS) is 11.9. The third kappa shape index (κ3) is 6.52. The van der Waals surface area contributed by atoms with Crippen molar-refractivity contribution in [2.45, 2.75) is 65.6 Å². The Morgan fingerprint density at radius 2 is 1.68 bits per heavy atom. The molecule has 0 radical (unpaired) electrons. The number of nitrogens with one attached hydrogen (secondary N) is 1. The topological polar surface area (TPSA) is 49.4 Å². The Hall–Kier alpha value is -2.62. The van der Waals surface area contributed by atoms with Gasteiger partial charge in [-0.3, -0.25) is 9.59 Å². The van der Waals surface area contributed by atoms with E-state index in [-0.39, 0.29) is 17.9 Å². The summed E-state index contributed by atoms with van der Waals surface area (Å²) in [6.07, 6.45) is 1.69. The predicted octanol–water partition coefficient (Wildman–Crippen LogP) is 4.26. The van der Waals surface area contributed by atoms with Crippen LogP contribution in [0.25, 0.3) is 0 Å². The molecular formula is C24H32N2O2. The third-order valence-electron chi connectivity index (χ3n) is 4.60. The molecule has 1 atom stereocenters. The Labute approximate surface area is 169 Å². The maximum Gasteiger partial charge on any atom is 0.243 e. The number of carbonyl (C=O) groups excluding carboxylic acids is 2. The fraction of sp³-hybridized carbons (Fsp3) is 0.417. The minimum Gasteiger partial charge on any atom is -0.352 e. The van der Waals surface area contributed by atoms with Crippen LogP contribution in [0, 0.1) is 6.92 Å². The monoisotopic (exact) mass is 380 g/mol. The maximum atomic E-state index is 13.1. The molecule has 0 unspecified atom stereocenters. The van der Waals surface area contributed by atoms with Crippen LogP contribution >= 0.6 is 0 Å². The van der Waals surface area contributed by atoms with Crippen LogP contribution in [0.3, 0.4) is 0 Å². The molecule has 2 amide bonds. The summed E-state index contributed by atoms with van der Waals surface area (Å²) in [5, 5.41) is 3.00. The van der Waals surface area contributed by atoms with Crippen molar-refractivity contribution >= 4 is 11.8 Å². The number of hydrogen-bond donors (Lipinski definition) is 1. The number of rotatable bonds is 9. The van der Waals surface area contributed by atoms with Crippen LogP contribution in [0.15, 0.2) is 54.6 Å². The number of aryl methyl sites for hydroxylation is 1. The molecule has 0 aliphatic carbocycles. The van der Waals surface area contributed by atoms with Crippen molar-refractivity contribution in [1.82, 2.24) is 10.2 Å². The summed E-state index contributed by atoms with van der Waals surface area (Å²) in [6, 6.07) is 17.5. The number of hydrogen-bond acceptors (Lipinski definition) is 2. The lowest BCUT2D eigenvalue weighted by molar-refractivity contribution is -0.141. The first-order valence-electron chi connectivity index (χ1n) is 10.1. The molecule has 2 rings (SSSR count). The van der Waals surface area contributed by atoms with Crippen LogP contribution < -0.4 is 5.32 Å².